The first kappa shape index (κ1) is 10.2. The summed E-state index contributed by atoms with van der Waals surface area (Å²) in [6, 6.07) is 3.87. The number of ether oxygens (including phenoxy) is 1. The van der Waals surface area contributed by atoms with Gasteiger partial charge in [0, 0.05) is 24.9 Å². The van der Waals surface area contributed by atoms with Crippen LogP contribution in [0.5, 0.6) is 0 Å². The lowest BCUT2D eigenvalue weighted by Crippen LogP contribution is -2.15. The van der Waals surface area contributed by atoms with E-state index < -0.39 is 6.29 Å². The Labute approximate surface area is 78.4 Å². The second kappa shape index (κ2) is 4.94. The molecule has 1 heterocycles. The van der Waals surface area contributed by atoms with Gasteiger partial charge >= 0.3 is 0 Å². The van der Waals surface area contributed by atoms with E-state index in [-0.39, 0.29) is 0 Å². The number of aliphatic hydroxyl groups excluding tert-OH is 1. The molecule has 0 aliphatic heterocycles. The first-order valence-corrected chi connectivity index (χ1v) is 4.43. The van der Waals surface area contributed by atoms with Gasteiger partial charge in [0.1, 0.15) is 0 Å². The van der Waals surface area contributed by atoms with Gasteiger partial charge in [-0.05, 0) is 25.5 Å². The van der Waals surface area contributed by atoms with Crippen LogP contribution in [0.4, 0.5) is 0 Å². The molecule has 72 valence electrons. The van der Waals surface area contributed by atoms with E-state index in [1.807, 2.05) is 26.0 Å². The van der Waals surface area contributed by atoms with Crippen LogP contribution in [-0.2, 0) is 11.2 Å². The van der Waals surface area contributed by atoms with Crippen molar-refractivity contribution in [2.24, 2.45) is 0 Å². The van der Waals surface area contributed by atoms with Crippen LogP contribution in [0.1, 0.15) is 18.2 Å². The van der Waals surface area contributed by atoms with Crippen LogP contribution in [0, 0.1) is 6.92 Å². The molecule has 0 bridgehead atoms. The normalized spacial score (nSPS) is 12.8. The molecule has 1 aromatic heterocycles. The lowest BCUT2D eigenvalue weighted by Gasteiger charge is -2.09. The van der Waals surface area contributed by atoms with Crippen molar-refractivity contribution in [3.8, 4) is 0 Å². The summed E-state index contributed by atoms with van der Waals surface area (Å²) in [7, 11) is 0. The van der Waals surface area contributed by atoms with Crippen molar-refractivity contribution in [2.75, 3.05) is 6.61 Å². The molecule has 13 heavy (non-hydrogen) atoms. The SMILES string of the molecule is CCO[C@H](O)Cc1ccc(C)cn1. The second-order valence-electron chi connectivity index (χ2n) is 2.94. The van der Waals surface area contributed by atoms with E-state index in [2.05, 4.69) is 4.98 Å². The van der Waals surface area contributed by atoms with Crippen LogP contribution in [0.2, 0.25) is 0 Å². The molecule has 0 aliphatic rings. The van der Waals surface area contributed by atoms with Crippen molar-refractivity contribution < 1.29 is 9.84 Å². The Morgan fingerprint density at radius 3 is 2.85 bits per heavy atom. The van der Waals surface area contributed by atoms with Gasteiger partial charge in [0.2, 0.25) is 0 Å². The fourth-order valence-electron chi connectivity index (χ4n) is 1.05. The Balaban J connectivity index is 2.49. The average Bonchev–Trinajstić information content (AvgIpc) is 2.09. The van der Waals surface area contributed by atoms with E-state index in [0.29, 0.717) is 13.0 Å². The van der Waals surface area contributed by atoms with Gasteiger partial charge in [0.25, 0.3) is 0 Å². The topological polar surface area (TPSA) is 42.4 Å². The van der Waals surface area contributed by atoms with Crippen LogP contribution in [0.25, 0.3) is 0 Å². The maximum Gasteiger partial charge on any atom is 0.160 e. The highest BCUT2D eigenvalue weighted by atomic mass is 16.6. The highest BCUT2D eigenvalue weighted by Crippen LogP contribution is 2.02. The largest absolute Gasteiger partial charge is 0.368 e. The number of hydrogen-bond acceptors (Lipinski definition) is 3. The van der Waals surface area contributed by atoms with Gasteiger partial charge in [-0.15, -0.1) is 0 Å². The summed E-state index contributed by atoms with van der Waals surface area (Å²) in [6.45, 7) is 4.36. The minimum atomic E-state index is -0.736. The predicted octanol–water partition coefficient (Wildman–Crippen LogP) is 1.29. The van der Waals surface area contributed by atoms with Crippen molar-refractivity contribution in [3.05, 3.63) is 29.6 Å². The van der Waals surface area contributed by atoms with Crippen LogP contribution < -0.4 is 0 Å². The lowest BCUT2D eigenvalue weighted by molar-refractivity contribution is -0.0932. The Morgan fingerprint density at radius 1 is 1.54 bits per heavy atom. The Kier molecular flexibility index (Phi) is 3.86. The zero-order valence-electron chi connectivity index (χ0n) is 8.03. The molecule has 0 saturated heterocycles. The molecule has 1 N–H and O–H groups in total. The summed E-state index contributed by atoms with van der Waals surface area (Å²) in [4.78, 5) is 4.16. The summed E-state index contributed by atoms with van der Waals surface area (Å²) >= 11 is 0. The van der Waals surface area contributed by atoms with Crippen LogP contribution in [-0.4, -0.2) is 23.0 Å². The molecule has 0 aromatic carbocycles. The first-order valence-electron chi connectivity index (χ1n) is 4.43. The molecule has 0 spiro atoms. The van der Waals surface area contributed by atoms with Crippen molar-refractivity contribution >= 4 is 0 Å². The van der Waals surface area contributed by atoms with Gasteiger partial charge in [-0.25, -0.2) is 0 Å². The maximum absolute atomic E-state index is 9.31. The van der Waals surface area contributed by atoms with Crippen molar-refractivity contribution in [2.45, 2.75) is 26.6 Å². The van der Waals surface area contributed by atoms with Crippen LogP contribution >= 0.6 is 0 Å². The zero-order valence-corrected chi connectivity index (χ0v) is 8.03. The first-order chi connectivity index (χ1) is 6.22. The fourth-order valence-corrected chi connectivity index (χ4v) is 1.05. The third-order valence-corrected chi connectivity index (χ3v) is 1.72. The molecule has 1 atom stereocenters. The molecule has 3 heteroatoms. The molecular formula is C10H15NO2. The Bertz CT molecular complexity index is 246. The van der Waals surface area contributed by atoms with E-state index in [1.54, 1.807) is 6.20 Å². The number of hydrogen-bond donors (Lipinski definition) is 1. The van der Waals surface area contributed by atoms with Gasteiger partial charge in [0.15, 0.2) is 6.29 Å². The van der Waals surface area contributed by atoms with Gasteiger partial charge in [0.05, 0.1) is 0 Å². The molecule has 0 radical (unpaired) electrons. The zero-order chi connectivity index (χ0) is 9.68. The molecule has 1 rings (SSSR count). The third kappa shape index (κ3) is 3.53. The minimum Gasteiger partial charge on any atom is -0.368 e. The highest BCUT2D eigenvalue weighted by Gasteiger charge is 2.04. The Morgan fingerprint density at radius 2 is 2.31 bits per heavy atom. The number of pyridine rings is 1. The number of aryl methyl sites for hydroxylation is 1. The second-order valence-corrected chi connectivity index (χ2v) is 2.94. The van der Waals surface area contributed by atoms with Crippen molar-refractivity contribution in [1.82, 2.24) is 4.98 Å². The average molecular weight is 181 g/mol. The number of aliphatic hydroxyl groups is 1. The summed E-state index contributed by atoms with van der Waals surface area (Å²) in [5.74, 6) is 0. The molecule has 0 saturated carbocycles. The van der Waals surface area contributed by atoms with Gasteiger partial charge in [-0.3, -0.25) is 4.98 Å². The lowest BCUT2D eigenvalue weighted by atomic mass is 10.2. The number of nitrogens with zero attached hydrogens (tertiary/aromatic N) is 1. The van der Waals surface area contributed by atoms with Gasteiger partial charge in [-0.1, -0.05) is 6.07 Å². The van der Waals surface area contributed by atoms with Gasteiger partial charge < -0.3 is 9.84 Å². The highest BCUT2D eigenvalue weighted by molar-refractivity contribution is 5.12. The fraction of sp³-hybridized carbons (Fsp3) is 0.500. The summed E-state index contributed by atoms with van der Waals surface area (Å²) in [5, 5.41) is 9.31. The molecule has 0 fully saturated rings. The third-order valence-electron chi connectivity index (χ3n) is 1.72. The summed E-state index contributed by atoms with van der Waals surface area (Å²) in [5.41, 5.74) is 1.97. The van der Waals surface area contributed by atoms with Gasteiger partial charge in [-0.2, -0.15) is 0 Å². The van der Waals surface area contributed by atoms with Crippen LogP contribution in [0.15, 0.2) is 18.3 Å². The summed E-state index contributed by atoms with van der Waals surface area (Å²) < 4.78 is 4.99. The van der Waals surface area contributed by atoms with Crippen molar-refractivity contribution in [1.29, 1.82) is 0 Å². The molecule has 3 nitrogen and oxygen atoms in total. The molecule has 0 aliphatic carbocycles. The minimum absolute atomic E-state index is 0.453. The van der Waals surface area contributed by atoms with E-state index in [0.717, 1.165) is 11.3 Å². The predicted molar refractivity (Wildman–Crippen MR) is 50.3 cm³/mol. The van der Waals surface area contributed by atoms with Crippen molar-refractivity contribution in [3.63, 3.8) is 0 Å². The van der Waals surface area contributed by atoms with E-state index in [1.165, 1.54) is 0 Å². The Hall–Kier alpha value is -0.930. The number of rotatable bonds is 4. The van der Waals surface area contributed by atoms with Crippen LogP contribution in [0.3, 0.4) is 0 Å². The number of aromatic nitrogens is 1. The quantitative estimate of drug-likeness (QED) is 0.712. The molecular weight excluding hydrogens is 166 g/mol. The molecule has 0 unspecified atom stereocenters. The maximum atomic E-state index is 9.31. The van der Waals surface area contributed by atoms with E-state index in [4.69, 9.17) is 4.74 Å². The standard InChI is InChI=1S/C10H15NO2/c1-3-13-10(12)6-9-5-4-8(2)7-11-9/h4-5,7,10,12H,3,6H2,1-2H3/t10-/m0/s1. The van der Waals surface area contributed by atoms with E-state index >= 15 is 0 Å². The smallest absolute Gasteiger partial charge is 0.160 e. The molecule has 0 amide bonds. The summed E-state index contributed by atoms with van der Waals surface area (Å²) in [6.07, 6.45) is 1.50. The van der Waals surface area contributed by atoms with E-state index in [9.17, 15) is 5.11 Å². The monoisotopic (exact) mass is 181 g/mol. The molecule has 1 aromatic rings.